The average Bonchev–Trinajstić information content (AvgIpc) is 2.74. The standard InChI is InChI=1S/C24H32N2O2.ClH/c1-25(17-18-26-15-8-13-22(19-26)24(27)28)16-14-23(20-9-4-2-5-10-20)21-11-6-3-7-12-21;/h2-7,9-12,22-23H,8,13-19H2,1H3,(H,27,28);1H/t22-;/m1./s1. The Morgan fingerprint density at radius 2 is 1.66 bits per heavy atom. The Bertz CT molecular complexity index is 687. The lowest BCUT2D eigenvalue weighted by atomic mass is 9.88. The topological polar surface area (TPSA) is 43.8 Å². The van der Waals surface area contributed by atoms with Gasteiger partial charge in [0.15, 0.2) is 0 Å². The Balaban J connectivity index is 0.00000300. The highest BCUT2D eigenvalue weighted by atomic mass is 35.5. The molecule has 0 bridgehead atoms. The number of carbonyl (C=O) groups is 1. The van der Waals surface area contributed by atoms with Gasteiger partial charge in [-0.3, -0.25) is 4.79 Å². The molecule has 1 atom stereocenters. The van der Waals surface area contributed by atoms with Crippen LogP contribution in [0.3, 0.4) is 0 Å². The van der Waals surface area contributed by atoms with Crippen LogP contribution in [0.2, 0.25) is 0 Å². The van der Waals surface area contributed by atoms with E-state index in [4.69, 9.17) is 0 Å². The van der Waals surface area contributed by atoms with E-state index in [0.29, 0.717) is 12.5 Å². The fraction of sp³-hybridized carbons (Fsp3) is 0.458. The Hall–Kier alpha value is -1.88. The minimum atomic E-state index is -0.647. The van der Waals surface area contributed by atoms with Gasteiger partial charge in [-0.1, -0.05) is 60.7 Å². The molecule has 158 valence electrons. The predicted molar refractivity (Wildman–Crippen MR) is 121 cm³/mol. The zero-order valence-electron chi connectivity index (χ0n) is 17.2. The fourth-order valence-corrected chi connectivity index (χ4v) is 4.13. The van der Waals surface area contributed by atoms with Crippen molar-refractivity contribution in [1.82, 2.24) is 9.80 Å². The minimum absolute atomic E-state index is 0. The molecule has 4 nitrogen and oxygen atoms in total. The maximum Gasteiger partial charge on any atom is 0.307 e. The van der Waals surface area contributed by atoms with Crippen molar-refractivity contribution in [2.75, 3.05) is 39.8 Å². The highest BCUT2D eigenvalue weighted by molar-refractivity contribution is 5.85. The third-order valence-electron chi connectivity index (χ3n) is 5.86. The van der Waals surface area contributed by atoms with Gasteiger partial charge in [-0.25, -0.2) is 0 Å². The summed E-state index contributed by atoms with van der Waals surface area (Å²) >= 11 is 0. The van der Waals surface area contributed by atoms with Crippen LogP contribution in [0.1, 0.15) is 36.3 Å². The van der Waals surface area contributed by atoms with Crippen molar-refractivity contribution in [1.29, 1.82) is 0 Å². The van der Waals surface area contributed by atoms with Crippen LogP contribution in [-0.4, -0.2) is 60.6 Å². The van der Waals surface area contributed by atoms with Crippen LogP contribution in [0.4, 0.5) is 0 Å². The van der Waals surface area contributed by atoms with Gasteiger partial charge in [0.2, 0.25) is 0 Å². The van der Waals surface area contributed by atoms with E-state index >= 15 is 0 Å². The molecular weight excluding hydrogens is 384 g/mol. The SMILES string of the molecule is CN(CCC(c1ccccc1)c1ccccc1)CCN1CCC[C@@H](C(=O)O)C1.Cl. The molecule has 0 aromatic heterocycles. The summed E-state index contributed by atoms with van der Waals surface area (Å²) in [6.45, 7) is 4.66. The number of halogens is 1. The van der Waals surface area contributed by atoms with Crippen LogP contribution in [0, 0.1) is 5.92 Å². The first-order chi connectivity index (χ1) is 13.6. The number of aliphatic carboxylic acids is 1. The molecule has 0 amide bonds. The van der Waals surface area contributed by atoms with Crippen LogP contribution in [0.5, 0.6) is 0 Å². The molecule has 1 N–H and O–H groups in total. The van der Waals surface area contributed by atoms with Crippen molar-refractivity contribution < 1.29 is 9.90 Å². The lowest BCUT2D eigenvalue weighted by Crippen LogP contribution is -2.42. The molecule has 3 rings (SSSR count). The molecule has 1 heterocycles. The number of carboxylic acid groups (broad SMARTS) is 1. The van der Waals surface area contributed by atoms with Crippen LogP contribution in [0.25, 0.3) is 0 Å². The molecular formula is C24H33ClN2O2. The molecule has 2 aromatic carbocycles. The van der Waals surface area contributed by atoms with Gasteiger partial charge in [0.05, 0.1) is 5.92 Å². The Kier molecular flexibility index (Phi) is 9.65. The molecule has 0 aliphatic carbocycles. The minimum Gasteiger partial charge on any atom is -0.481 e. The molecule has 29 heavy (non-hydrogen) atoms. The van der Waals surface area contributed by atoms with Crippen LogP contribution < -0.4 is 0 Å². The zero-order chi connectivity index (χ0) is 19.8. The van der Waals surface area contributed by atoms with Crippen molar-refractivity contribution in [2.24, 2.45) is 5.92 Å². The fourth-order valence-electron chi connectivity index (χ4n) is 4.13. The first kappa shape index (κ1) is 23.4. The predicted octanol–water partition coefficient (Wildman–Crippen LogP) is 4.36. The first-order valence-corrected chi connectivity index (χ1v) is 10.4. The maximum atomic E-state index is 11.2. The van der Waals surface area contributed by atoms with Gasteiger partial charge in [0.1, 0.15) is 0 Å². The van der Waals surface area contributed by atoms with E-state index in [0.717, 1.165) is 45.4 Å². The quantitative estimate of drug-likeness (QED) is 0.659. The molecule has 1 aliphatic rings. The molecule has 5 heteroatoms. The van der Waals surface area contributed by atoms with Crippen molar-refractivity contribution >= 4 is 18.4 Å². The number of piperidine rings is 1. The number of benzene rings is 2. The van der Waals surface area contributed by atoms with Gasteiger partial charge >= 0.3 is 5.97 Å². The van der Waals surface area contributed by atoms with E-state index in [2.05, 4.69) is 77.5 Å². The van der Waals surface area contributed by atoms with Gasteiger partial charge in [-0.2, -0.15) is 0 Å². The normalized spacial score (nSPS) is 17.3. The summed E-state index contributed by atoms with van der Waals surface area (Å²) < 4.78 is 0. The largest absolute Gasteiger partial charge is 0.481 e. The molecule has 1 saturated heterocycles. The van der Waals surface area contributed by atoms with Gasteiger partial charge in [0, 0.05) is 25.6 Å². The smallest absolute Gasteiger partial charge is 0.307 e. The van der Waals surface area contributed by atoms with E-state index in [-0.39, 0.29) is 18.3 Å². The number of likely N-dealkylation sites (tertiary alicyclic amines) is 1. The first-order valence-electron chi connectivity index (χ1n) is 10.4. The van der Waals surface area contributed by atoms with E-state index in [1.54, 1.807) is 0 Å². The van der Waals surface area contributed by atoms with Gasteiger partial charge in [-0.05, 0) is 50.5 Å². The molecule has 0 saturated carbocycles. The highest BCUT2D eigenvalue weighted by Crippen LogP contribution is 2.28. The van der Waals surface area contributed by atoms with Crippen molar-refractivity contribution in [3.8, 4) is 0 Å². The number of carboxylic acids is 1. The lowest BCUT2D eigenvalue weighted by molar-refractivity contribution is -0.143. The number of rotatable bonds is 9. The summed E-state index contributed by atoms with van der Waals surface area (Å²) in [6.07, 6.45) is 2.88. The Morgan fingerprint density at radius 1 is 1.07 bits per heavy atom. The Labute approximate surface area is 180 Å². The van der Waals surface area contributed by atoms with E-state index < -0.39 is 5.97 Å². The molecule has 1 fully saturated rings. The number of nitrogens with zero attached hydrogens (tertiary/aromatic N) is 2. The summed E-state index contributed by atoms with van der Waals surface area (Å²) in [4.78, 5) is 15.9. The summed E-state index contributed by atoms with van der Waals surface area (Å²) in [6, 6.07) is 21.5. The van der Waals surface area contributed by atoms with E-state index in [1.807, 2.05) is 0 Å². The van der Waals surface area contributed by atoms with E-state index in [9.17, 15) is 9.90 Å². The maximum absolute atomic E-state index is 11.2. The molecule has 0 spiro atoms. The number of hydrogen-bond donors (Lipinski definition) is 1. The molecule has 1 aliphatic heterocycles. The third kappa shape index (κ3) is 7.14. The van der Waals surface area contributed by atoms with Crippen LogP contribution in [-0.2, 0) is 4.79 Å². The summed E-state index contributed by atoms with van der Waals surface area (Å²) in [5, 5.41) is 9.26. The molecule has 2 aromatic rings. The van der Waals surface area contributed by atoms with Crippen LogP contribution in [0.15, 0.2) is 60.7 Å². The molecule has 0 unspecified atom stereocenters. The summed E-state index contributed by atoms with van der Waals surface area (Å²) in [5.41, 5.74) is 2.73. The number of hydrogen-bond acceptors (Lipinski definition) is 3. The van der Waals surface area contributed by atoms with E-state index in [1.165, 1.54) is 11.1 Å². The van der Waals surface area contributed by atoms with Crippen molar-refractivity contribution in [2.45, 2.75) is 25.2 Å². The molecule has 0 radical (unpaired) electrons. The second-order valence-corrected chi connectivity index (χ2v) is 7.94. The summed E-state index contributed by atoms with van der Waals surface area (Å²) in [5.74, 6) is -0.442. The van der Waals surface area contributed by atoms with Crippen molar-refractivity contribution in [3.05, 3.63) is 71.8 Å². The second kappa shape index (κ2) is 12.0. The third-order valence-corrected chi connectivity index (χ3v) is 5.86. The average molecular weight is 417 g/mol. The van der Waals surface area contributed by atoms with Gasteiger partial charge in [0.25, 0.3) is 0 Å². The Morgan fingerprint density at radius 3 is 2.21 bits per heavy atom. The van der Waals surface area contributed by atoms with Crippen LogP contribution >= 0.6 is 12.4 Å². The van der Waals surface area contributed by atoms with Gasteiger partial charge in [-0.15, -0.1) is 12.4 Å². The number of likely N-dealkylation sites (N-methyl/N-ethyl adjacent to an activating group) is 1. The zero-order valence-corrected chi connectivity index (χ0v) is 18.1. The van der Waals surface area contributed by atoms with Crippen molar-refractivity contribution in [3.63, 3.8) is 0 Å². The highest BCUT2D eigenvalue weighted by Gasteiger charge is 2.25. The lowest BCUT2D eigenvalue weighted by Gasteiger charge is -2.32. The summed E-state index contributed by atoms with van der Waals surface area (Å²) in [7, 11) is 2.17. The monoisotopic (exact) mass is 416 g/mol. The second-order valence-electron chi connectivity index (χ2n) is 7.94. The van der Waals surface area contributed by atoms with Gasteiger partial charge < -0.3 is 14.9 Å².